The van der Waals surface area contributed by atoms with Crippen molar-refractivity contribution in [3.05, 3.63) is 52.0 Å². The van der Waals surface area contributed by atoms with E-state index >= 15 is 0 Å². The van der Waals surface area contributed by atoms with Crippen LogP contribution in [0.3, 0.4) is 0 Å². The Morgan fingerprint density at radius 2 is 1.95 bits per heavy atom. The average molecular weight is 370 g/mol. The highest BCUT2D eigenvalue weighted by Crippen LogP contribution is 2.36. The van der Waals surface area contributed by atoms with Crippen LogP contribution in [0.15, 0.2) is 40.7 Å². The summed E-state index contributed by atoms with van der Waals surface area (Å²) in [5.41, 5.74) is 1.94. The van der Waals surface area contributed by atoms with E-state index in [0.29, 0.717) is 22.4 Å². The van der Waals surface area contributed by atoms with Crippen molar-refractivity contribution in [3.63, 3.8) is 0 Å². The molecule has 2 aromatic carbocycles. The number of rotatable bonds is 5. The molecule has 1 aromatic heterocycles. The van der Waals surface area contributed by atoms with Gasteiger partial charge in [-0.2, -0.15) is 0 Å². The van der Waals surface area contributed by atoms with Crippen LogP contribution in [0.1, 0.15) is 12.5 Å². The third kappa shape index (κ3) is 3.51. The van der Waals surface area contributed by atoms with Crippen LogP contribution in [0.25, 0.3) is 10.2 Å². The van der Waals surface area contributed by atoms with Crippen molar-refractivity contribution < 1.29 is 4.74 Å². The van der Waals surface area contributed by atoms with E-state index < -0.39 is 0 Å². The van der Waals surface area contributed by atoms with Crippen molar-refractivity contribution >= 4 is 56.5 Å². The monoisotopic (exact) mass is 369 g/mol. The second-order valence-electron chi connectivity index (χ2n) is 4.53. The molecule has 0 spiro atoms. The van der Waals surface area contributed by atoms with Crippen LogP contribution in [0.2, 0.25) is 10.0 Å². The molecule has 1 heterocycles. The highest BCUT2D eigenvalue weighted by molar-refractivity contribution is 8.00. The first-order valence-corrected chi connectivity index (χ1v) is 9.32. The van der Waals surface area contributed by atoms with E-state index in [4.69, 9.17) is 27.9 Å². The Bertz CT molecular complexity index is 784. The predicted octanol–water partition coefficient (Wildman–Crippen LogP) is 6.29. The summed E-state index contributed by atoms with van der Waals surface area (Å²) in [7, 11) is 0. The molecule has 114 valence electrons. The molecule has 0 amide bonds. The van der Waals surface area contributed by atoms with Gasteiger partial charge < -0.3 is 4.74 Å². The van der Waals surface area contributed by atoms with Crippen LogP contribution in [-0.2, 0) is 5.75 Å². The third-order valence-corrected chi connectivity index (χ3v) is 5.95. The normalized spacial score (nSPS) is 11.0. The zero-order chi connectivity index (χ0) is 15.5. The minimum absolute atomic E-state index is 0.664. The highest BCUT2D eigenvalue weighted by atomic mass is 35.5. The number of nitrogens with zero attached hydrogens (tertiary/aromatic N) is 1. The van der Waals surface area contributed by atoms with Crippen molar-refractivity contribution in [1.82, 2.24) is 4.98 Å². The van der Waals surface area contributed by atoms with Crippen molar-refractivity contribution in [2.75, 3.05) is 6.61 Å². The zero-order valence-corrected chi connectivity index (χ0v) is 15.0. The maximum atomic E-state index is 6.20. The van der Waals surface area contributed by atoms with Crippen LogP contribution in [0.5, 0.6) is 5.75 Å². The lowest BCUT2D eigenvalue weighted by Crippen LogP contribution is -1.89. The van der Waals surface area contributed by atoms with Gasteiger partial charge in [0.2, 0.25) is 0 Å². The van der Waals surface area contributed by atoms with Crippen LogP contribution in [0.4, 0.5) is 0 Å². The van der Waals surface area contributed by atoms with Gasteiger partial charge in [0.05, 0.1) is 16.8 Å². The second-order valence-corrected chi connectivity index (χ2v) is 7.60. The molecule has 3 rings (SSSR count). The Hall–Kier alpha value is -0.940. The number of halogens is 2. The number of hydrogen-bond acceptors (Lipinski definition) is 4. The largest absolute Gasteiger partial charge is 0.494 e. The molecule has 0 aliphatic rings. The first-order chi connectivity index (χ1) is 10.7. The summed E-state index contributed by atoms with van der Waals surface area (Å²) in [6.45, 7) is 2.64. The number of benzene rings is 2. The maximum absolute atomic E-state index is 6.20. The molecule has 0 N–H and O–H groups in total. The summed E-state index contributed by atoms with van der Waals surface area (Å²) in [5, 5.41) is 1.39. The number of fused-ring (bicyclic) bond motifs is 1. The van der Waals surface area contributed by atoms with E-state index in [1.54, 1.807) is 23.1 Å². The molecule has 0 bridgehead atoms. The number of ether oxygens (including phenoxy) is 1. The summed E-state index contributed by atoms with van der Waals surface area (Å²) in [6.07, 6.45) is 0. The van der Waals surface area contributed by atoms with Gasteiger partial charge in [-0.25, -0.2) is 4.98 Å². The smallest absolute Gasteiger partial charge is 0.151 e. The van der Waals surface area contributed by atoms with E-state index in [0.717, 1.165) is 25.9 Å². The highest BCUT2D eigenvalue weighted by Gasteiger charge is 2.10. The number of thiazole rings is 1. The first-order valence-electron chi connectivity index (χ1n) is 6.76. The molecule has 3 aromatic rings. The second kappa shape index (κ2) is 7.09. The number of aromatic nitrogens is 1. The Morgan fingerprint density at radius 3 is 2.68 bits per heavy atom. The van der Waals surface area contributed by atoms with E-state index in [1.807, 2.05) is 43.3 Å². The first kappa shape index (κ1) is 15.9. The van der Waals surface area contributed by atoms with Crippen LogP contribution >= 0.6 is 46.3 Å². The van der Waals surface area contributed by atoms with Gasteiger partial charge in [-0.15, -0.1) is 11.3 Å². The molecule has 0 radical (unpaired) electrons. The van der Waals surface area contributed by atoms with E-state index in [1.165, 1.54) is 0 Å². The maximum Gasteiger partial charge on any atom is 0.151 e. The van der Waals surface area contributed by atoms with E-state index in [-0.39, 0.29) is 0 Å². The van der Waals surface area contributed by atoms with Gasteiger partial charge in [0.15, 0.2) is 4.34 Å². The summed E-state index contributed by atoms with van der Waals surface area (Å²) < 4.78 is 7.64. The molecule has 0 saturated carbocycles. The molecule has 0 atom stereocenters. The van der Waals surface area contributed by atoms with Crippen molar-refractivity contribution in [2.45, 2.75) is 17.0 Å². The molecule has 2 nitrogen and oxygen atoms in total. The van der Waals surface area contributed by atoms with Gasteiger partial charge in [-0.05, 0) is 42.8 Å². The Morgan fingerprint density at radius 1 is 1.18 bits per heavy atom. The standard InChI is InChI=1S/C16H13Cl2NOS2/c1-2-20-10-6-7-14-15(8-10)22-16(19-14)21-9-11-12(17)4-3-5-13(11)18/h3-8H,2,9H2,1H3. The molecule has 0 aliphatic carbocycles. The van der Waals surface area contributed by atoms with Crippen LogP contribution in [-0.4, -0.2) is 11.6 Å². The van der Waals surface area contributed by atoms with Crippen molar-refractivity contribution in [2.24, 2.45) is 0 Å². The molecular formula is C16H13Cl2NOS2. The molecule has 0 aliphatic heterocycles. The Labute approximate surface area is 147 Å². The minimum Gasteiger partial charge on any atom is -0.494 e. The van der Waals surface area contributed by atoms with Gasteiger partial charge in [0.25, 0.3) is 0 Å². The molecule has 6 heteroatoms. The average Bonchev–Trinajstić information content (AvgIpc) is 2.89. The lowest BCUT2D eigenvalue weighted by Gasteiger charge is -2.04. The van der Waals surface area contributed by atoms with Crippen LogP contribution < -0.4 is 4.74 Å². The van der Waals surface area contributed by atoms with Crippen molar-refractivity contribution in [1.29, 1.82) is 0 Å². The van der Waals surface area contributed by atoms with Crippen LogP contribution in [0, 0.1) is 0 Å². The fourth-order valence-electron chi connectivity index (χ4n) is 2.01. The van der Waals surface area contributed by atoms with Gasteiger partial charge >= 0.3 is 0 Å². The summed E-state index contributed by atoms with van der Waals surface area (Å²) in [4.78, 5) is 4.63. The SMILES string of the molecule is CCOc1ccc2nc(SCc3c(Cl)cccc3Cl)sc2c1. The minimum atomic E-state index is 0.664. The number of thioether (sulfide) groups is 1. The molecule has 22 heavy (non-hydrogen) atoms. The molecule has 0 fully saturated rings. The van der Waals surface area contributed by atoms with Gasteiger partial charge in [0, 0.05) is 15.8 Å². The predicted molar refractivity (Wildman–Crippen MR) is 96.8 cm³/mol. The van der Waals surface area contributed by atoms with Gasteiger partial charge in [-0.1, -0.05) is 41.0 Å². The molecule has 0 unspecified atom stereocenters. The lowest BCUT2D eigenvalue weighted by atomic mass is 10.2. The van der Waals surface area contributed by atoms with Gasteiger partial charge in [0.1, 0.15) is 5.75 Å². The quantitative estimate of drug-likeness (QED) is 0.493. The Balaban J connectivity index is 1.79. The van der Waals surface area contributed by atoms with Gasteiger partial charge in [-0.3, -0.25) is 0 Å². The lowest BCUT2D eigenvalue weighted by molar-refractivity contribution is 0.341. The summed E-state index contributed by atoms with van der Waals surface area (Å²) in [5.74, 6) is 1.58. The molecular weight excluding hydrogens is 357 g/mol. The summed E-state index contributed by atoms with van der Waals surface area (Å²) >= 11 is 15.7. The molecule has 0 saturated heterocycles. The fraction of sp³-hybridized carbons (Fsp3) is 0.188. The third-order valence-electron chi connectivity index (χ3n) is 3.05. The van der Waals surface area contributed by atoms with E-state index in [2.05, 4.69) is 4.98 Å². The van der Waals surface area contributed by atoms with Crippen molar-refractivity contribution in [3.8, 4) is 5.75 Å². The number of hydrogen-bond donors (Lipinski definition) is 0. The topological polar surface area (TPSA) is 22.1 Å². The zero-order valence-electron chi connectivity index (χ0n) is 11.8. The summed E-state index contributed by atoms with van der Waals surface area (Å²) in [6, 6.07) is 11.5. The van der Waals surface area contributed by atoms with E-state index in [9.17, 15) is 0 Å². The fourth-order valence-corrected chi connectivity index (χ4v) is 4.84. The Kier molecular flexibility index (Phi) is 5.14.